The van der Waals surface area contributed by atoms with Crippen molar-refractivity contribution in [2.24, 2.45) is 0 Å². The van der Waals surface area contributed by atoms with Gasteiger partial charge >= 0.3 is 0 Å². The maximum Gasteiger partial charge on any atom is 0.227 e. The van der Waals surface area contributed by atoms with Crippen molar-refractivity contribution in [2.45, 2.75) is 39.7 Å². The molecular weight excluding hydrogens is 480 g/mol. The predicted octanol–water partition coefficient (Wildman–Crippen LogP) is 7.19. The van der Waals surface area contributed by atoms with E-state index in [4.69, 9.17) is 14.5 Å². The fourth-order valence-electron chi connectivity index (χ4n) is 4.45. The van der Waals surface area contributed by atoms with E-state index in [1.54, 1.807) is 11.3 Å². The predicted molar refractivity (Wildman–Crippen MR) is 152 cm³/mol. The van der Waals surface area contributed by atoms with Crippen LogP contribution in [-0.4, -0.2) is 47.2 Å². The van der Waals surface area contributed by atoms with Crippen LogP contribution in [-0.2, 0) is 0 Å². The zero-order chi connectivity index (χ0) is 25.6. The maximum absolute atomic E-state index is 6.04. The minimum Gasteiger partial charge on any atom is -0.492 e. The average molecular weight is 515 g/mol. The van der Waals surface area contributed by atoms with Crippen LogP contribution >= 0.6 is 11.3 Å². The van der Waals surface area contributed by atoms with Crippen LogP contribution < -0.4 is 14.8 Å². The van der Waals surface area contributed by atoms with Gasteiger partial charge in [0.1, 0.15) is 18.1 Å². The van der Waals surface area contributed by atoms with Gasteiger partial charge in [-0.05, 0) is 101 Å². The molecule has 0 aliphatic carbocycles. The average Bonchev–Trinajstić information content (AvgIpc) is 3.59. The molecule has 4 aromatic rings. The van der Waals surface area contributed by atoms with Gasteiger partial charge in [-0.15, -0.1) is 11.3 Å². The van der Waals surface area contributed by atoms with Crippen LogP contribution in [0.3, 0.4) is 0 Å². The van der Waals surface area contributed by atoms with Gasteiger partial charge in [-0.2, -0.15) is 0 Å². The largest absolute Gasteiger partial charge is 0.492 e. The van der Waals surface area contributed by atoms with Gasteiger partial charge < -0.3 is 14.8 Å². The molecule has 0 radical (unpaired) electrons. The normalized spacial score (nSPS) is 13.7. The minimum absolute atomic E-state index is 0.119. The Balaban J connectivity index is 1.27. The number of ether oxygens (including phenoxy) is 2. The van der Waals surface area contributed by atoms with Gasteiger partial charge in [-0.25, -0.2) is 9.97 Å². The first-order chi connectivity index (χ1) is 18.0. The summed E-state index contributed by atoms with van der Waals surface area (Å²) in [4.78, 5) is 14.1. The van der Waals surface area contributed by atoms with E-state index < -0.39 is 0 Å². The zero-order valence-electron chi connectivity index (χ0n) is 21.7. The van der Waals surface area contributed by atoms with Crippen molar-refractivity contribution in [2.75, 3.05) is 31.6 Å². The van der Waals surface area contributed by atoms with Crippen LogP contribution in [0.1, 0.15) is 32.3 Å². The standard InChI is InChI=1S/C30H34N4O2S/c1-21(2)36-26-9-5-4-8-25(26)27-14-15-28(37-27)29-22(3)20-31-30(33-29)32-23-10-12-24(13-11-23)35-19-18-34-16-6-7-17-34/h4-5,8-15,20-21H,6-7,16-19H2,1-3H3,(H,31,32,33). The third-order valence-electron chi connectivity index (χ3n) is 6.31. The molecule has 0 unspecified atom stereocenters. The molecule has 2 aromatic heterocycles. The lowest BCUT2D eigenvalue weighted by Gasteiger charge is -2.15. The number of nitrogens with one attached hydrogen (secondary N) is 1. The van der Waals surface area contributed by atoms with E-state index in [-0.39, 0.29) is 6.10 Å². The van der Waals surface area contributed by atoms with Crippen molar-refractivity contribution < 1.29 is 9.47 Å². The summed E-state index contributed by atoms with van der Waals surface area (Å²) in [5.41, 5.74) is 3.99. The first-order valence-corrected chi connectivity index (χ1v) is 13.8. The molecule has 0 spiro atoms. The van der Waals surface area contributed by atoms with Crippen LogP contribution in [0.15, 0.2) is 66.9 Å². The molecule has 0 atom stereocenters. The van der Waals surface area contributed by atoms with E-state index in [9.17, 15) is 0 Å². The third-order valence-corrected chi connectivity index (χ3v) is 7.44. The monoisotopic (exact) mass is 514 g/mol. The summed E-state index contributed by atoms with van der Waals surface area (Å²) in [6.45, 7) is 10.2. The van der Waals surface area contributed by atoms with Gasteiger partial charge in [0.05, 0.1) is 16.7 Å². The van der Waals surface area contributed by atoms with Gasteiger partial charge in [-0.3, -0.25) is 4.90 Å². The lowest BCUT2D eigenvalue weighted by molar-refractivity contribution is 0.238. The summed E-state index contributed by atoms with van der Waals surface area (Å²) in [5.74, 6) is 2.35. The van der Waals surface area contributed by atoms with Crippen molar-refractivity contribution in [1.29, 1.82) is 0 Å². The number of thiophene rings is 1. The molecule has 6 nitrogen and oxygen atoms in total. The summed E-state index contributed by atoms with van der Waals surface area (Å²) in [6, 6.07) is 20.4. The molecule has 7 heteroatoms. The van der Waals surface area contributed by atoms with Gasteiger partial charge in [0.15, 0.2) is 0 Å². The van der Waals surface area contributed by atoms with Crippen molar-refractivity contribution in [3.63, 3.8) is 0 Å². The summed E-state index contributed by atoms with van der Waals surface area (Å²) in [6.07, 6.45) is 4.60. The van der Waals surface area contributed by atoms with Crippen LogP contribution in [0.2, 0.25) is 0 Å². The number of hydrogen-bond acceptors (Lipinski definition) is 7. The second-order valence-corrected chi connectivity index (χ2v) is 10.7. The Morgan fingerprint density at radius 3 is 2.51 bits per heavy atom. The van der Waals surface area contributed by atoms with Crippen LogP contribution in [0.25, 0.3) is 21.0 Å². The fourth-order valence-corrected chi connectivity index (χ4v) is 5.54. The smallest absolute Gasteiger partial charge is 0.227 e. The van der Waals surface area contributed by atoms with Crippen LogP contribution in [0, 0.1) is 6.92 Å². The maximum atomic E-state index is 6.04. The molecule has 1 N–H and O–H groups in total. The molecule has 192 valence electrons. The van der Waals surface area contributed by atoms with E-state index in [1.165, 1.54) is 25.9 Å². The lowest BCUT2D eigenvalue weighted by Crippen LogP contribution is -2.25. The molecule has 1 aliphatic heterocycles. The van der Waals surface area contributed by atoms with Crippen molar-refractivity contribution in [3.05, 3.63) is 72.4 Å². The molecule has 5 rings (SSSR count). The number of aromatic nitrogens is 2. The quantitative estimate of drug-likeness (QED) is 0.242. The van der Waals surface area contributed by atoms with Crippen LogP contribution in [0.5, 0.6) is 11.5 Å². The molecule has 2 aromatic carbocycles. The highest BCUT2D eigenvalue weighted by atomic mass is 32.1. The Labute approximate surface area is 223 Å². The second-order valence-electron chi connectivity index (χ2n) is 9.60. The van der Waals surface area contributed by atoms with E-state index >= 15 is 0 Å². The van der Waals surface area contributed by atoms with E-state index in [1.807, 2.05) is 69.4 Å². The van der Waals surface area contributed by atoms with E-state index in [0.29, 0.717) is 12.6 Å². The Hall–Kier alpha value is -3.42. The molecule has 1 saturated heterocycles. The number of aryl methyl sites for hydroxylation is 1. The van der Waals surface area contributed by atoms with E-state index in [2.05, 4.69) is 33.4 Å². The summed E-state index contributed by atoms with van der Waals surface area (Å²) >= 11 is 1.71. The second kappa shape index (κ2) is 11.8. The van der Waals surface area contributed by atoms with E-state index in [0.717, 1.165) is 50.3 Å². The first-order valence-electron chi connectivity index (χ1n) is 13.0. The van der Waals surface area contributed by atoms with Gasteiger partial charge in [-0.1, -0.05) is 12.1 Å². The molecule has 3 heterocycles. The molecule has 1 aliphatic rings. The summed E-state index contributed by atoms with van der Waals surface area (Å²) < 4.78 is 12.0. The zero-order valence-corrected chi connectivity index (χ0v) is 22.6. The fraction of sp³-hybridized carbons (Fsp3) is 0.333. The molecule has 37 heavy (non-hydrogen) atoms. The topological polar surface area (TPSA) is 59.5 Å². The van der Waals surface area contributed by atoms with Crippen LogP contribution in [0.4, 0.5) is 11.6 Å². The molecule has 0 amide bonds. The molecule has 0 saturated carbocycles. The Kier molecular flexibility index (Phi) is 8.02. The number of benzene rings is 2. The Morgan fingerprint density at radius 2 is 1.73 bits per heavy atom. The highest BCUT2D eigenvalue weighted by Gasteiger charge is 2.14. The highest BCUT2D eigenvalue weighted by molar-refractivity contribution is 7.18. The Bertz CT molecular complexity index is 1310. The third kappa shape index (κ3) is 6.48. The summed E-state index contributed by atoms with van der Waals surface area (Å²) in [5, 5.41) is 3.34. The highest BCUT2D eigenvalue weighted by Crippen LogP contribution is 2.39. The van der Waals surface area contributed by atoms with Gasteiger partial charge in [0, 0.05) is 28.9 Å². The van der Waals surface area contributed by atoms with Crippen molar-refractivity contribution >= 4 is 23.0 Å². The Morgan fingerprint density at radius 1 is 0.973 bits per heavy atom. The number of anilines is 2. The molecular formula is C30H34N4O2S. The van der Waals surface area contributed by atoms with Gasteiger partial charge in [0.25, 0.3) is 0 Å². The van der Waals surface area contributed by atoms with Gasteiger partial charge in [0.2, 0.25) is 5.95 Å². The minimum atomic E-state index is 0.119. The lowest BCUT2D eigenvalue weighted by atomic mass is 10.1. The molecule has 0 bridgehead atoms. The van der Waals surface area contributed by atoms with Crippen molar-refractivity contribution in [1.82, 2.24) is 14.9 Å². The number of likely N-dealkylation sites (tertiary alicyclic amines) is 1. The summed E-state index contributed by atoms with van der Waals surface area (Å²) in [7, 11) is 0. The first kappa shape index (κ1) is 25.2. The molecule has 1 fully saturated rings. The number of rotatable bonds is 10. The number of nitrogens with zero attached hydrogens (tertiary/aromatic N) is 3. The SMILES string of the molecule is Cc1cnc(Nc2ccc(OCCN3CCCC3)cc2)nc1-c1ccc(-c2ccccc2OC(C)C)s1. The number of hydrogen-bond donors (Lipinski definition) is 1. The van der Waals surface area contributed by atoms with Crippen molar-refractivity contribution in [3.8, 4) is 32.5 Å². The number of para-hydroxylation sites is 1.